The van der Waals surface area contributed by atoms with E-state index < -0.39 is 5.54 Å². The summed E-state index contributed by atoms with van der Waals surface area (Å²) in [6, 6.07) is 0. The average Bonchev–Trinajstić information content (AvgIpc) is 2.72. The summed E-state index contributed by atoms with van der Waals surface area (Å²) >= 11 is 0. The second kappa shape index (κ2) is 7.74. The highest BCUT2D eigenvalue weighted by molar-refractivity contribution is 5.81. The zero-order valence-electron chi connectivity index (χ0n) is 11.7. The third-order valence-corrected chi connectivity index (χ3v) is 3.78. The zero-order valence-corrected chi connectivity index (χ0v) is 11.7. The van der Waals surface area contributed by atoms with Gasteiger partial charge >= 0.3 is 5.97 Å². The predicted octanol–water partition coefficient (Wildman–Crippen LogP) is 2.25. The van der Waals surface area contributed by atoms with Gasteiger partial charge in [0.1, 0.15) is 5.54 Å². The maximum Gasteiger partial charge on any atom is 0.326 e. The highest BCUT2D eigenvalue weighted by Crippen LogP contribution is 2.37. The highest BCUT2D eigenvalue weighted by atomic mass is 16.5. The number of rotatable bonds is 8. The molecule has 0 spiro atoms. The Morgan fingerprint density at radius 3 is 2.83 bits per heavy atom. The van der Waals surface area contributed by atoms with Crippen molar-refractivity contribution in [2.75, 3.05) is 19.8 Å². The molecule has 2 atom stereocenters. The third kappa shape index (κ3) is 3.95. The Bertz CT molecular complexity index is 257. The van der Waals surface area contributed by atoms with Crippen LogP contribution >= 0.6 is 0 Å². The molecule has 0 bridgehead atoms. The Morgan fingerprint density at radius 2 is 2.17 bits per heavy atom. The molecule has 0 heterocycles. The van der Waals surface area contributed by atoms with Crippen molar-refractivity contribution in [1.82, 2.24) is 0 Å². The first-order valence-electron chi connectivity index (χ1n) is 7.19. The summed E-state index contributed by atoms with van der Waals surface area (Å²) in [6.45, 7) is 5.87. The molecule has 1 saturated carbocycles. The number of unbranched alkanes of at least 4 members (excludes halogenated alkanes) is 1. The molecule has 18 heavy (non-hydrogen) atoms. The summed E-state index contributed by atoms with van der Waals surface area (Å²) in [5.74, 6) is -0.0285. The van der Waals surface area contributed by atoms with Gasteiger partial charge in [0.05, 0.1) is 6.61 Å². The van der Waals surface area contributed by atoms with Crippen LogP contribution in [0.15, 0.2) is 0 Å². The van der Waals surface area contributed by atoms with E-state index in [0.717, 1.165) is 45.1 Å². The van der Waals surface area contributed by atoms with Gasteiger partial charge in [0.25, 0.3) is 0 Å². The van der Waals surface area contributed by atoms with Gasteiger partial charge in [-0.3, -0.25) is 4.79 Å². The lowest BCUT2D eigenvalue weighted by Crippen LogP contribution is -2.52. The van der Waals surface area contributed by atoms with Crippen molar-refractivity contribution in [3.8, 4) is 0 Å². The molecule has 2 unspecified atom stereocenters. The van der Waals surface area contributed by atoms with Gasteiger partial charge in [0.15, 0.2) is 0 Å². The molecule has 1 aliphatic carbocycles. The van der Waals surface area contributed by atoms with Crippen molar-refractivity contribution in [1.29, 1.82) is 0 Å². The lowest BCUT2D eigenvalue weighted by Gasteiger charge is -2.28. The van der Waals surface area contributed by atoms with Crippen LogP contribution in [0.1, 0.15) is 52.4 Å². The number of carbonyl (C=O) groups excluding carboxylic acids is 1. The largest absolute Gasteiger partial charge is 0.465 e. The molecule has 0 aromatic heterocycles. The van der Waals surface area contributed by atoms with Gasteiger partial charge in [-0.25, -0.2) is 0 Å². The van der Waals surface area contributed by atoms with E-state index in [9.17, 15) is 4.79 Å². The van der Waals surface area contributed by atoms with Crippen molar-refractivity contribution < 1.29 is 14.3 Å². The van der Waals surface area contributed by atoms with Crippen LogP contribution in [-0.4, -0.2) is 31.3 Å². The van der Waals surface area contributed by atoms with E-state index in [0.29, 0.717) is 13.2 Å². The van der Waals surface area contributed by atoms with Gasteiger partial charge in [-0.1, -0.05) is 19.8 Å². The quantitative estimate of drug-likeness (QED) is 0.535. The molecule has 2 N–H and O–H groups in total. The molecule has 0 amide bonds. The number of ether oxygens (including phenoxy) is 2. The Hall–Kier alpha value is -0.610. The van der Waals surface area contributed by atoms with E-state index >= 15 is 0 Å². The van der Waals surface area contributed by atoms with Crippen LogP contribution in [0.25, 0.3) is 0 Å². The molecule has 1 aliphatic rings. The second-order valence-electron chi connectivity index (χ2n) is 5.10. The summed E-state index contributed by atoms with van der Waals surface area (Å²) in [4.78, 5) is 11.9. The normalized spacial score (nSPS) is 27.4. The van der Waals surface area contributed by atoms with Crippen LogP contribution in [0.4, 0.5) is 0 Å². The van der Waals surface area contributed by atoms with Crippen LogP contribution in [0.3, 0.4) is 0 Å². The van der Waals surface area contributed by atoms with Crippen molar-refractivity contribution in [2.45, 2.75) is 57.9 Å². The summed E-state index contributed by atoms with van der Waals surface area (Å²) in [5.41, 5.74) is 5.47. The minimum atomic E-state index is -0.774. The number of hydrogen-bond acceptors (Lipinski definition) is 4. The monoisotopic (exact) mass is 257 g/mol. The predicted molar refractivity (Wildman–Crippen MR) is 71.2 cm³/mol. The minimum Gasteiger partial charge on any atom is -0.465 e. The molecule has 0 aromatic carbocycles. The summed E-state index contributed by atoms with van der Waals surface area (Å²) in [7, 11) is 0. The van der Waals surface area contributed by atoms with E-state index in [4.69, 9.17) is 15.2 Å². The lowest BCUT2D eigenvalue weighted by atomic mass is 9.86. The summed E-state index contributed by atoms with van der Waals surface area (Å²) in [5, 5.41) is 0. The molecule has 1 fully saturated rings. The fourth-order valence-corrected chi connectivity index (χ4v) is 2.61. The SMILES string of the molecule is CCCCOCCC1CCCC1(N)C(=O)OCC. The van der Waals surface area contributed by atoms with Crippen LogP contribution in [-0.2, 0) is 14.3 Å². The van der Waals surface area contributed by atoms with Gasteiger partial charge in [0, 0.05) is 13.2 Å². The van der Waals surface area contributed by atoms with E-state index in [1.807, 2.05) is 6.92 Å². The van der Waals surface area contributed by atoms with Crippen molar-refractivity contribution in [3.05, 3.63) is 0 Å². The van der Waals surface area contributed by atoms with Crippen LogP contribution in [0.5, 0.6) is 0 Å². The van der Waals surface area contributed by atoms with Crippen molar-refractivity contribution in [3.63, 3.8) is 0 Å². The highest BCUT2D eigenvalue weighted by Gasteiger charge is 2.46. The van der Waals surface area contributed by atoms with Crippen molar-refractivity contribution >= 4 is 5.97 Å². The van der Waals surface area contributed by atoms with Gasteiger partial charge < -0.3 is 15.2 Å². The van der Waals surface area contributed by atoms with Gasteiger partial charge in [-0.2, -0.15) is 0 Å². The Kier molecular flexibility index (Phi) is 6.65. The molecule has 106 valence electrons. The molecule has 0 radical (unpaired) electrons. The fourth-order valence-electron chi connectivity index (χ4n) is 2.61. The van der Waals surface area contributed by atoms with Crippen LogP contribution in [0, 0.1) is 5.92 Å². The topological polar surface area (TPSA) is 61.5 Å². The van der Waals surface area contributed by atoms with Gasteiger partial charge in [0.2, 0.25) is 0 Å². The van der Waals surface area contributed by atoms with Crippen LogP contribution < -0.4 is 5.73 Å². The first kappa shape index (κ1) is 15.4. The lowest BCUT2D eigenvalue weighted by molar-refractivity contribution is -0.151. The Morgan fingerprint density at radius 1 is 1.39 bits per heavy atom. The van der Waals surface area contributed by atoms with E-state index in [1.54, 1.807) is 0 Å². The van der Waals surface area contributed by atoms with Gasteiger partial charge in [-0.15, -0.1) is 0 Å². The number of nitrogens with two attached hydrogens (primary N) is 1. The molecule has 1 rings (SSSR count). The van der Waals surface area contributed by atoms with Crippen LogP contribution in [0.2, 0.25) is 0 Å². The standard InChI is InChI=1S/C14H27NO3/c1-3-5-10-17-11-8-12-7-6-9-14(12,15)13(16)18-4-2/h12H,3-11,15H2,1-2H3. The van der Waals surface area contributed by atoms with E-state index in [1.165, 1.54) is 0 Å². The molecule has 4 heteroatoms. The third-order valence-electron chi connectivity index (χ3n) is 3.78. The molecular formula is C14H27NO3. The summed E-state index contributed by atoms with van der Waals surface area (Å²) < 4.78 is 10.7. The Labute approximate surface area is 110 Å². The first-order chi connectivity index (χ1) is 8.65. The number of carbonyl (C=O) groups is 1. The molecule has 4 nitrogen and oxygen atoms in total. The second-order valence-corrected chi connectivity index (χ2v) is 5.10. The maximum atomic E-state index is 11.9. The average molecular weight is 257 g/mol. The van der Waals surface area contributed by atoms with E-state index in [-0.39, 0.29) is 11.9 Å². The van der Waals surface area contributed by atoms with Gasteiger partial charge in [-0.05, 0) is 38.5 Å². The smallest absolute Gasteiger partial charge is 0.326 e. The summed E-state index contributed by atoms with van der Waals surface area (Å²) in [6.07, 6.45) is 5.86. The molecule has 0 saturated heterocycles. The number of hydrogen-bond donors (Lipinski definition) is 1. The zero-order chi connectivity index (χ0) is 13.4. The van der Waals surface area contributed by atoms with Crippen molar-refractivity contribution in [2.24, 2.45) is 11.7 Å². The fraction of sp³-hybridized carbons (Fsp3) is 0.929. The molecule has 0 aliphatic heterocycles. The number of esters is 1. The Balaban J connectivity index is 2.36. The maximum absolute atomic E-state index is 11.9. The molecule has 0 aromatic rings. The molecular weight excluding hydrogens is 230 g/mol. The van der Waals surface area contributed by atoms with E-state index in [2.05, 4.69) is 6.92 Å². The minimum absolute atomic E-state index is 0.207. The first-order valence-corrected chi connectivity index (χ1v) is 7.19.